The molecule has 3 rings (SSSR count). The van der Waals surface area contributed by atoms with Crippen molar-refractivity contribution in [1.82, 2.24) is 0 Å². The van der Waals surface area contributed by atoms with Gasteiger partial charge in [-0.3, -0.25) is 0 Å². The molecule has 0 aromatic heterocycles. The Balaban J connectivity index is 1.86. The van der Waals surface area contributed by atoms with Gasteiger partial charge >= 0.3 is 0 Å². The molecule has 0 aliphatic heterocycles. The van der Waals surface area contributed by atoms with E-state index in [9.17, 15) is 8.42 Å². The molecular weight excluding hydrogens is 232 g/mol. The minimum absolute atomic E-state index is 0.156. The Hall–Kier alpha value is -1.09. The number of benzene rings is 1. The van der Waals surface area contributed by atoms with Crippen LogP contribution in [0.25, 0.3) is 0 Å². The molecule has 2 aliphatic carbocycles. The second-order valence-electron chi connectivity index (χ2n) is 5.08. The lowest BCUT2D eigenvalue weighted by atomic mass is 10.1. The van der Waals surface area contributed by atoms with E-state index in [1.165, 1.54) is 6.42 Å². The van der Waals surface area contributed by atoms with Crippen LogP contribution in [0.5, 0.6) is 0 Å². The Labute approximate surface area is 102 Å². The number of allylic oxidation sites excluding steroid dienone is 2. The van der Waals surface area contributed by atoms with E-state index >= 15 is 0 Å². The van der Waals surface area contributed by atoms with Crippen molar-refractivity contribution >= 4 is 9.84 Å². The zero-order valence-corrected chi connectivity index (χ0v) is 10.5. The molecule has 2 nitrogen and oxygen atoms in total. The number of hydrogen-bond donors (Lipinski definition) is 0. The predicted molar refractivity (Wildman–Crippen MR) is 68.0 cm³/mol. The van der Waals surface area contributed by atoms with E-state index in [0.717, 1.165) is 23.3 Å². The van der Waals surface area contributed by atoms with Gasteiger partial charge in [0.1, 0.15) is 0 Å². The third kappa shape index (κ3) is 2.04. The molecule has 3 heteroatoms. The van der Waals surface area contributed by atoms with Crippen molar-refractivity contribution < 1.29 is 8.42 Å². The minimum Gasteiger partial charge on any atom is -0.224 e. The van der Waals surface area contributed by atoms with Gasteiger partial charge in [0.25, 0.3) is 0 Å². The molecule has 2 atom stereocenters. The Morgan fingerprint density at radius 1 is 1.12 bits per heavy atom. The molecule has 0 radical (unpaired) electrons. The summed E-state index contributed by atoms with van der Waals surface area (Å²) in [6.45, 7) is 0. The Bertz CT molecular complexity index is 543. The molecule has 17 heavy (non-hydrogen) atoms. The molecule has 1 aromatic carbocycles. The highest BCUT2D eigenvalue weighted by atomic mass is 32.2. The van der Waals surface area contributed by atoms with Gasteiger partial charge in [-0.2, -0.15) is 0 Å². The van der Waals surface area contributed by atoms with E-state index in [-0.39, 0.29) is 5.75 Å². The van der Waals surface area contributed by atoms with Crippen LogP contribution in [-0.4, -0.2) is 8.42 Å². The Morgan fingerprint density at radius 2 is 1.88 bits per heavy atom. The predicted octanol–water partition coefficient (Wildman–Crippen LogP) is 2.92. The van der Waals surface area contributed by atoms with Crippen molar-refractivity contribution in [1.29, 1.82) is 0 Å². The normalized spacial score (nSPS) is 27.2. The van der Waals surface area contributed by atoms with Crippen LogP contribution < -0.4 is 0 Å². The van der Waals surface area contributed by atoms with Gasteiger partial charge in [0.05, 0.1) is 5.75 Å². The third-order valence-corrected chi connectivity index (χ3v) is 5.74. The molecular formula is C14H16O2S. The zero-order chi connectivity index (χ0) is 11.9. The summed E-state index contributed by atoms with van der Waals surface area (Å²) in [7, 11) is -3.08. The maximum atomic E-state index is 12.3. The lowest BCUT2D eigenvalue weighted by Crippen LogP contribution is -2.12. The highest BCUT2D eigenvalue weighted by Gasteiger charge is 2.38. The zero-order valence-electron chi connectivity index (χ0n) is 9.67. The maximum Gasteiger partial charge on any atom is 0.178 e. The van der Waals surface area contributed by atoms with Gasteiger partial charge in [-0.05, 0) is 36.7 Å². The fraction of sp³-hybridized carbons (Fsp3) is 0.429. The van der Waals surface area contributed by atoms with E-state index < -0.39 is 9.84 Å². The first kappa shape index (κ1) is 11.0. The summed E-state index contributed by atoms with van der Waals surface area (Å²) in [5, 5.41) is 0. The largest absolute Gasteiger partial charge is 0.224 e. The SMILES string of the molecule is O=S(=O)(Cc1ccccc1)C1=CC2CCC1C2. The highest BCUT2D eigenvalue weighted by molar-refractivity contribution is 7.94. The van der Waals surface area contributed by atoms with E-state index in [1.807, 2.05) is 36.4 Å². The molecule has 0 N–H and O–H groups in total. The fourth-order valence-corrected chi connectivity index (χ4v) is 4.95. The van der Waals surface area contributed by atoms with Gasteiger partial charge in [-0.15, -0.1) is 0 Å². The first-order valence-corrected chi connectivity index (χ1v) is 7.79. The quantitative estimate of drug-likeness (QED) is 0.824. The molecule has 2 bridgehead atoms. The van der Waals surface area contributed by atoms with Gasteiger partial charge in [0.15, 0.2) is 9.84 Å². The number of rotatable bonds is 3. The summed E-state index contributed by atoms with van der Waals surface area (Å²) in [6.07, 6.45) is 5.30. The van der Waals surface area contributed by atoms with Crippen molar-refractivity contribution in [3.05, 3.63) is 46.9 Å². The second-order valence-corrected chi connectivity index (χ2v) is 7.07. The summed E-state index contributed by atoms with van der Waals surface area (Å²) >= 11 is 0. The van der Waals surface area contributed by atoms with Gasteiger partial charge in [-0.1, -0.05) is 36.4 Å². The van der Waals surface area contributed by atoms with Crippen molar-refractivity contribution in [3.63, 3.8) is 0 Å². The van der Waals surface area contributed by atoms with Crippen molar-refractivity contribution in [2.24, 2.45) is 11.8 Å². The molecule has 0 spiro atoms. The monoisotopic (exact) mass is 248 g/mol. The average Bonchev–Trinajstić information content (AvgIpc) is 2.91. The van der Waals surface area contributed by atoms with Gasteiger partial charge in [0.2, 0.25) is 0 Å². The van der Waals surface area contributed by atoms with Crippen LogP contribution in [0.1, 0.15) is 24.8 Å². The van der Waals surface area contributed by atoms with E-state index in [4.69, 9.17) is 0 Å². The standard InChI is InChI=1S/C14H16O2S/c15-17(16,10-11-4-2-1-3-5-11)14-9-12-6-7-13(14)8-12/h1-5,9,12-13H,6-8,10H2. The van der Waals surface area contributed by atoms with Gasteiger partial charge in [0, 0.05) is 4.91 Å². The molecule has 90 valence electrons. The molecule has 0 saturated heterocycles. The lowest BCUT2D eigenvalue weighted by molar-refractivity contribution is 0.587. The van der Waals surface area contributed by atoms with E-state index in [1.54, 1.807) is 0 Å². The van der Waals surface area contributed by atoms with Gasteiger partial charge in [-0.25, -0.2) is 8.42 Å². The lowest BCUT2D eigenvalue weighted by Gasteiger charge is -2.13. The number of sulfone groups is 1. The molecule has 2 unspecified atom stereocenters. The van der Waals surface area contributed by atoms with E-state index in [2.05, 4.69) is 0 Å². The molecule has 1 aromatic rings. The van der Waals surface area contributed by atoms with Crippen LogP contribution >= 0.6 is 0 Å². The third-order valence-electron chi connectivity index (χ3n) is 3.83. The summed E-state index contributed by atoms with van der Waals surface area (Å²) in [5.74, 6) is 0.998. The van der Waals surface area contributed by atoms with Crippen molar-refractivity contribution in [2.75, 3.05) is 0 Å². The average molecular weight is 248 g/mol. The van der Waals surface area contributed by atoms with Crippen molar-refractivity contribution in [2.45, 2.75) is 25.0 Å². The maximum absolute atomic E-state index is 12.3. The summed E-state index contributed by atoms with van der Waals surface area (Å²) in [4.78, 5) is 0.720. The van der Waals surface area contributed by atoms with Crippen LogP contribution in [0, 0.1) is 11.8 Å². The smallest absolute Gasteiger partial charge is 0.178 e. The van der Waals surface area contributed by atoms with Gasteiger partial charge < -0.3 is 0 Å². The first-order valence-electron chi connectivity index (χ1n) is 6.13. The number of fused-ring (bicyclic) bond motifs is 2. The van der Waals surface area contributed by atoms with Crippen LogP contribution in [-0.2, 0) is 15.6 Å². The second kappa shape index (κ2) is 3.98. The molecule has 1 fully saturated rings. The van der Waals surface area contributed by atoms with Crippen LogP contribution in [0.2, 0.25) is 0 Å². The van der Waals surface area contributed by atoms with Crippen LogP contribution in [0.15, 0.2) is 41.3 Å². The van der Waals surface area contributed by atoms with Crippen LogP contribution in [0.4, 0.5) is 0 Å². The summed E-state index contributed by atoms with van der Waals surface area (Å²) < 4.78 is 24.6. The highest BCUT2D eigenvalue weighted by Crippen LogP contribution is 2.46. The first-order chi connectivity index (χ1) is 8.15. The fourth-order valence-electron chi connectivity index (χ4n) is 3.03. The minimum atomic E-state index is -3.08. The van der Waals surface area contributed by atoms with Crippen molar-refractivity contribution in [3.8, 4) is 0 Å². The summed E-state index contributed by atoms with van der Waals surface area (Å²) in [5.41, 5.74) is 0.885. The summed E-state index contributed by atoms with van der Waals surface area (Å²) in [6, 6.07) is 9.45. The number of hydrogen-bond acceptors (Lipinski definition) is 2. The Morgan fingerprint density at radius 3 is 2.47 bits per heavy atom. The molecule has 2 aliphatic rings. The Kier molecular flexibility index (Phi) is 2.58. The van der Waals surface area contributed by atoms with E-state index in [0.29, 0.717) is 11.8 Å². The van der Waals surface area contributed by atoms with Crippen LogP contribution in [0.3, 0.4) is 0 Å². The topological polar surface area (TPSA) is 34.1 Å². The molecule has 0 amide bonds. The molecule has 1 saturated carbocycles. The molecule has 0 heterocycles.